The summed E-state index contributed by atoms with van der Waals surface area (Å²) >= 11 is 0. The molecule has 25 heavy (non-hydrogen) atoms. The molecule has 3 rings (SSSR count). The van der Waals surface area contributed by atoms with Gasteiger partial charge < -0.3 is 14.7 Å². The maximum Gasteiger partial charge on any atom is 0.328 e. The van der Waals surface area contributed by atoms with E-state index in [-0.39, 0.29) is 12.5 Å². The summed E-state index contributed by atoms with van der Waals surface area (Å²) in [6.45, 7) is 5.12. The average molecular weight is 352 g/mol. The zero-order valence-electron chi connectivity index (χ0n) is 14.3. The summed E-state index contributed by atoms with van der Waals surface area (Å²) in [5, 5.41) is 10.7. The third kappa shape index (κ3) is 4.00. The van der Waals surface area contributed by atoms with Crippen molar-refractivity contribution in [2.45, 2.75) is 25.0 Å². The molecule has 0 unspecified atom stereocenters. The van der Waals surface area contributed by atoms with E-state index >= 15 is 0 Å². The molecule has 0 bridgehead atoms. The van der Waals surface area contributed by atoms with Crippen LogP contribution in [0.3, 0.4) is 0 Å². The second-order valence-corrected chi connectivity index (χ2v) is 6.87. The first kappa shape index (κ1) is 17.8. The van der Waals surface area contributed by atoms with Crippen LogP contribution in [0.2, 0.25) is 0 Å². The van der Waals surface area contributed by atoms with E-state index in [1.54, 1.807) is 11.8 Å². The van der Waals surface area contributed by atoms with Crippen LogP contribution in [0.4, 0.5) is 0 Å². The summed E-state index contributed by atoms with van der Waals surface area (Å²) in [6, 6.07) is 0.720. The van der Waals surface area contributed by atoms with E-state index in [9.17, 15) is 19.5 Å². The molecule has 2 atom stereocenters. The van der Waals surface area contributed by atoms with Crippen molar-refractivity contribution in [2.24, 2.45) is 0 Å². The Labute approximate surface area is 144 Å². The van der Waals surface area contributed by atoms with E-state index in [2.05, 4.69) is 4.98 Å². The Hall–Kier alpha value is -1.97. The van der Waals surface area contributed by atoms with Gasteiger partial charge in [0.05, 0.1) is 31.4 Å². The molecule has 2 saturated heterocycles. The van der Waals surface area contributed by atoms with Crippen LogP contribution in [-0.2, 0) is 9.53 Å². The Kier molecular flexibility index (Phi) is 5.07. The van der Waals surface area contributed by atoms with Crippen molar-refractivity contribution in [3.8, 4) is 0 Å². The normalized spacial score (nSPS) is 28.1. The highest BCUT2D eigenvalue weighted by atomic mass is 16.5. The molecule has 2 aliphatic heterocycles. The third-order valence-electron chi connectivity index (χ3n) is 4.99. The minimum Gasteiger partial charge on any atom is -0.388 e. The maximum atomic E-state index is 12.4. The van der Waals surface area contributed by atoms with E-state index < -0.39 is 22.9 Å². The number of ether oxygens (including phenoxy) is 1. The van der Waals surface area contributed by atoms with Gasteiger partial charge in [0.25, 0.3) is 5.56 Å². The Morgan fingerprint density at radius 3 is 2.76 bits per heavy atom. The Morgan fingerprint density at radius 2 is 2.08 bits per heavy atom. The first-order valence-corrected chi connectivity index (χ1v) is 8.48. The van der Waals surface area contributed by atoms with Gasteiger partial charge in [-0.3, -0.25) is 24.0 Å². The highest BCUT2D eigenvalue weighted by Gasteiger charge is 2.40. The van der Waals surface area contributed by atoms with E-state index in [0.717, 1.165) is 0 Å². The fraction of sp³-hybridized carbons (Fsp3) is 0.688. The quantitative estimate of drug-likeness (QED) is 0.678. The summed E-state index contributed by atoms with van der Waals surface area (Å²) in [5.41, 5.74) is -2.13. The average Bonchev–Trinajstić information content (AvgIpc) is 2.58. The monoisotopic (exact) mass is 352 g/mol. The molecule has 1 aromatic rings. The van der Waals surface area contributed by atoms with Crippen LogP contribution < -0.4 is 11.2 Å². The SMILES string of the molecule is C[C@@]1(O)CCN(CC(=O)N2CCOCC2)C[C@H]1n1ccc(=O)[nH]c1=O. The van der Waals surface area contributed by atoms with Crippen molar-refractivity contribution < 1.29 is 14.6 Å². The largest absolute Gasteiger partial charge is 0.388 e. The van der Waals surface area contributed by atoms with Crippen LogP contribution >= 0.6 is 0 Å². The Morgan fingerprint density at radius 1 is 1.36 bits per heavy atom. The fourth-order valence-electron chi connectivity index (χ4n) is 3.39. The number of carbonyl (C=O) groups is 1. The lowest BCUT2D eigenvalue weighted by molar-refractivity contribution is -0.138. The molecule has 0 spiro atoms. The van der Waals surface area contributed by atoms with Crippen molar-refractivity contribution >= 4 is 5.91 Å². The molecule has 0 saturated carbocycles. The molecule has 2 aliphatic rings. The molecule has 9 nitrogen and oxygen atoms in total. The Bertz CT molecular complexity index is 735. The van der Waals surface area contributed by atoms with Crippen LogP contribution in [0, 0.1) is 0 Å². The van der Waals surface area contributed by atoms with Gasteiger partial charge in [-0.05, 0) is 13.3 Å². The zero-order valence-corrected chi connectivity index (χ0v) is 14.3. The number of hydrogen-bond acceptors (Lipinski definition) is 6. The van der Waals surface area contributed by atoms with Gasteiger partial charge in [-0.15, -0.1) is 0 Å². The van der Waals surface area contributed by atoms with E-state index in [4.69, 9.17) is 4.74 Å². The molecule has 0 aliphatic carbocycles. The van der Waals surface area contributed by atoms with Crippen LogP contribution in [0.5, 0.6) is 0 Å². The number of hydrogen-bond donors (Lipinski definition) is 2. The number of morpholine rings is 1. The number of nitrogens with one attached hydrogen (secondary N) is 1. The zero-order chi connectivity index (χ0) is 18.0. The summed E-state index contributed by atoms with van der Waals surface area (Å²) in [4.78, 5) is 41.7. The molecule has 2 fully saturated rings. The minimum absolute atomic E-state index is 0.0254. The lowest BCUT2D eigenvalue weighted by atomic mass is 9.88. The van der Waals surface area contributed by atoms with Crippen molar-refractivity contribution in [3.05, 3.63) is 33.1 Å². The van der Waals surface area contributed by atoms with Crippen LogP contribution in [0.15, 0.2) is 21.9 Å². The standard InChI is InChI=1S/C16H24N4O5/c1-16(24)3-5-18(11-14(22)19-6-8-25-9-7-19)10-12(16)20-4-2-13(21)17-15(20)23/h2,4,12,24H,3,5-11H2,1H3,(H,17,21,23)/t12-,16-/m1/s1. The lowest BCUT2D eigenvalue weighted by Gasteiger charge is -2.43. The van der Waals surface area contributed by atoms with Gasteiger partial charge >= 0.3 is 5.69 Å². The predicted octanol–water partition coefficient (Wildman–Crippen LogP) is -1.61. The number of nitrogens with zero attached hydrogens (tertiary/aromatic N) is 3. The lowest BCUT2D eigenvalue weighted by Crippen LogP contribution is -2.55. The van der Waals surface area contributed by atoms with Crippen molar-refractivity contribution in [1.29, 1.82) is 0 Å². The smallest absolute Gasteiger partial charge is 0.328 e. The molecule has 0 aromatic carbocycles. The number of rotatable bonds is 3. The highest BCUT2D eigenvalue weighted by molar-refractivity contribution is 5.78. The second-order valence-electron chi connectivity index (χ2n) is 6.87. The third-order valence-corrected chi connectivity index (χ3v) is 4.99. The van der Waals surface area contributed by atoms with Gasteiger partial charge in [0.2, 0.25) is 5.91 Å². The number of likely N-dealkylation sites (tertiary alicyclic amines) is 1. The number of aromatic nitrogens is 2. The summed E-state index contributed by atoms with van der Waals surface area (Å²) in [5.74, 6) is 0.0254. The number of piperidine rings is 1. The Balaban J connectivity index is 1.73. The maximum absolute atomic E-state index is 12.4. The molecule has 138 valence electrons. The van der Waals surface area contributed by atoms with Crippen LogP contribution in [0.1, 0.15) is 19.4 Å². The van der Waals surface area contributed by atoms with Crippen molar-refractivity contribution in [2.75, 3.05) is 45.9 Å². The van der Waals surface area contributed by atoms with Crippen molar-refractivity contribution in [3.63, 3.8) is 0 Å². The highest BCUT2D eigenvalue weighted by Crippen LogP contribution is 2.30. The van der Waals surface area contributed by atoms with Gasteiger partial charge in [-0.2, -0.15) is 0 Å². The van der Waals surface area contributed by atoms with Gasteiger partial charge in [-0.1, -0.05) is 0 Å². The predicted molar refractivity (Wildman–Crippen MR) is 89.4 cm³/mol. The van der Waals surface area contributed by atoms with Gasteiger partial charge in [0.1, 0.15) is 0 Å². The summed E-state index contributed by atoms with van der Waals surface area (Å²) in [6.07, 6.45) is 1.83. The fourth-order valence-corrected chi connectivity index (χ4v) is 3.39. The van der Waals surface area contributed by atoms with Gasteiger partial charge in [0.15, 0.2) is 0 Å². The number of H-pyrrole nitrogens is 1. The second kappa shape index (κ2) is 7.11. The van der Waals surface area contributed by atoms with Crippen LogP contribution in [-0.4, -0.2) is 81.9 Å². The number of aromatic amines is 1. The molecule has 2 N–H and O–H groups in total. The molecule has 1 amide bonds. The van der Waals surface area contributed by atoms with Gasteiger partial charge in [-0.25, -0.2) is 4.79 Å². The first-order valence-electron chi connectivity index (χ1n) is 8.48. The molecule has 9 heteroatoms. The molecular weight excluding hydrogens is 328 g/mol. The molecular formula is C16H24N4O5. The van der Waals surface area contributed by atoms with E-state index in [1.807, 2.05) is 4.90 Å². The number of aliphatic hydroxyl groups is 1. The van der Waals surface area contributed by atoms with Crippen molar-refractivity contribution in [1.82, 2.24) is 19.4 Å². The minimum atomic E-state index is -1.10. The summed E-state index contributed by atoms with van der Waals surface area (Å²) in [7, 11) is 0. The van der Waals surface area contributed by atoms with E-state index in [1.165, 1.54) is 16.8 Å². The van der Waals surface area contributed by atoms with Crippen LogP contribution in [0.25, 0.3) is 0 Å². The number of amides is 1. The topological polar surface area (TPSA) is 108 Å². The molecule has 0 radical (unpaired) electrons. The van der Waals surface area contributed by atoms with E-state index in [0.29, 0.717) is 45.8 Å². The number of carbonyl (C=O) groups excluding carboxylic acids is 1. The first-order chi connectivity index (χ1) is 11.9. The summed E-state index contributed by atoms with van der Waals surface area (Å²) < 4.78 is 6.60. The van der Waals surface area contributed by atoms with Gasteiger partial charge in [0, 0.05) is 38.4 Å². The molecule has 1 aromatic heterocycles. The molecule has 3 heterocycles.